The molecule has 0 spiro atoms. The van der Waals surface area contributed by atoms with Crippen LogP contribution in [-0.2, 0) is 10.0 Å². The van der Waals surface area contributed by atoms with Crippen LogP contribution in [0, 0.1) is 6.92 Å². The Morgan fingerprint density at radius 1 is 1.50 bits per heavy atom. The van der Waals surface area contributed by atoms with Crippen LogP contribution >= 0.6 is 11.3 Å². The molecular weight excluding hydrogens is 268 g/mol. The molecule has 0 amide bonds. The van der Waals surface area contributed by atoms with Gasteiger partial charge in [-0.1, -0.05) is 6.92 Å². The number of thiophene rings is 1. The summed E-state index contributed by atoms with van der Waals surface area (Å²) >= 11 is 1.33. The first kappa shape index (κ1) is 14.0. The molecule has 6 heteroatoms. The van der Waals surface area contributed by atoms with Crippen molar-refractivity contribution in [2.24, 2.45) is 0 Å². The quantitative estimate of drug-likeness (QED) is 0.919. The van der Waals surface area contributed by atoms with E-state index in [1.54, 1.807) is 6.07 Å². The van der Waals surface area contributed by atoms with Crippen molar-refractivity contribution in [2.45, 2.75) is 36.9 Å². The summed E-state index contributed by atoms with van der Waals surface area (Å²) in [5.74, 6) is 0. The third kappa shape index (κ3) is 3.32. The summed E-state index contributed by atoms with van der Waals surface area (Å²) in [4.78, 5) is 3.31. The molecule has 1 atom stereocenters. The zero-order chi connectivity index (χ0) is 13.2. The van der Waals surface area contributed by atoms with Crippen molar-refractivity contribution in [3.8, 4) is 0 Å². The minimum Gasteiger partial charge on any atom is -0.302 e. The zero-order valence-corrected chi connectivity index (χ0v) is 12.5. The monoisotopic (exact) mass is 288 g/mol. The van der Waals surface area contributed by atoms with Crippen LogP contribution in [0.4, 0.5) is 0 Å². The molecular formula is C12H20N2O2S2. The Hall–Kier alpha value is -0.430. The number of piperidine rings is 1. The lowest BCUT2D eigenvalue weighted by molar-refractivity contribution is 0.211. The second kappa shape index (κ2) is 5.69. The topological polar surface area (TPSA) is 49.4 Å². The number of sulfonamides is 1. The predicted octanol–water partition coefficient (Wildman–Crippen LogP) is 1.82. The van der Waals surface area contributed by atoms with Gasteiger partial charge in [-0.05, 0) is 45.0 Å². The highest BCUT2D eigenvalue weighted by atomic mass is 32.2. The third-order valence-electron chi connectivity index (χ3n) is 3.26. The molecule has 0 bridgehead atoms. The summed E-state index contributed by atoms with van der Waals surface area (Å²) in [5.41, 5.74) is 0. The molecule has 18 heavy (non-hydrogen) atoms. The molecule has 2 rings (SSSR count). The maximum absolute atomic E-state index is 12.2. The van der Waals surface area contributed by atoms with Gasteiger partial charge < -0.3 is 4.90 Å². The van der Waals surface area contributed by atoms with Gasteiger partial charge in [-0.3, -0.25) is 0 Å². The van der Waals surface area contributed by atoms with E-state index in [0.29, 0.717) is 4.21 Å². The number of nitrogens with zero attached hydrogens (tertiary/aromatic N) is 1. The van der Waals surface area contributed by atoms with Crippen LogP contribution in [0.3, 0.4) is 0 Å². The summed E-state index contributed by atoms with van der Waals surface area (Å²) in [5, 5.41) is 0. The van der Waals surface area contributed by atoms with E-state index in [4.69, 9.17) is 0 Å². The predicted molar refractivity (Wildman–Crippen MR) is 74.5 cm³/mol. The molecule has 1 unspecified atom stereocenters. The van der Waals surface area contributed by atoms with E-state index >= 15 is 0 Å². The molecule has 0 radical (unpaired) electrons. The summed E-state index contributed by atoms with van der Waals surface area (Å²) in [7, 11) is -3.33. The van der Waals surface area contributed by atoms with Gasteiger partial charge in [-0.2, -0.15) is 0 Å². The van der Waals surface area contributed by atoms with Gasteiger partial charge in [0.15, 0.2) is 0 Å². The fourth-order valence-corrected chi connectivity index (χ4v) is 4.83. The molecule has 0 saturated carbocycles. The average molecular weight is 288 g/mol. The summed E-state index contributed by atoms with van der Waals surface area (Å²) in [6.07, 6.45) is 1.99. The lowest BCUT2D eigenvalue weighted by atomic mass is 10.1. The molecule has 1 aliphatic heterocycles. The molecule has 0 aromatic carbocycles. The second-order valence-electron chi connectivity index (χ2n) is 4.72. The van der Waals surface area contributed by atoms with Crippen molar-refractivity contribution in [3.05, 3.63) is 17.0 Å². The van der Waals surface area contributed by atoms with E-state index < -0.39 is 10.0 Å². The van der Waals surface area contributed by atoms with Gasteiger partial charge >= 0.3 is 0 Å². The van der Waals surface area contributed by atoms with Crippen molar-refractivity contribution in [1.82, 2.24) is 9.62 Å². The third-order valence-corrected chi connectivity index (χ3v) is 6.27. The number of hydrogen-bond acceptors (Lipinski definition) is 4. The van der Waals surface area contributed by atoms with E-state index in [1.165, 1.54) is 11.3 Å². The fourth-order valence-electron chi connectivity index (χ4n) is 2.27. The SMILES string of the molecule is CCN1CCCC(NS(=O)(=O)c2ccc(C)s2)C1. The van der Waals surface area contributed by atoms with Crippen LogP contribution in [0.25, 0.3) is 0 Å². The fraction of sp³-hybridized carbons (Fsp3) is 0.667. The van der Waals surface area contributed by atoms with Crippen molar-refractivity contribution in [3.63, 3.8) is 0 Å². The van der Waals surface area contributed by atoms with Gasteiger partial charge in [0.25, 0.3) is 0 Å². The summed E-state index contributed by atoms with van der Waals surface area (Å²) in [6.45, 7) is 6.91. The van der Waals surface area contributed by atoms with Gasteiger partial charge in [0.1, 0.15) is 4.21 Å². The number of aryl methyl sites for hydroxylation is 1. The molecule has 2 heterocycles. The highest BCUT2D eigenvalue weighted by molar-refractivity contribution is 7.91. The minimum absolute atomic E-state index is 0.0473. The molecule has 102 valence electrons. The Labute approximate surface area is 113 Å². The Morgan fingerprint density at radius 2 is 2.28 bits per heavy atom. The molecule has 1 aromatic heterocycles. The molecule has 1 aliphatic rings. The Bertz CT molecular complexity index is 496. The lowest BCUT2D eigenvalue weighted by Crippen LogP contribution is -2.47. The Balaban J connectivity index is 2.04. The minimum atomic E-state index is -3.33. The van der Waals surface area contributed by atoms with Crippen molar-refractivity contribution < 1.29 is 8.42 Å². The smallest absolute Gasteiger partial charge is 0.250 e. The highest BCUT2D eigenvalue weighted by Crippen LogP contribution is 2.21. The molecule has 1 saturated heterocycles. The van der Waals surface area contributed by atoms with Crippen LogP contribution < -0.4 is 4.72 Å². The maximum atomic E-state index is 12.2. The van der Waals surface area contributed by atoms with E-state index in [0.717, 1.165) is 37.4 Å². The average Bonchev–Trinajstić information content (AvgIpc) is 2.76. The van der Waals surface area contributed by atoms with E-state index in [2.05, 4.69) is 16.5 Å². The van der Waals surface area contributed by atoms with E-state index in [9.17, 15) is 8.42 Å². The number of hydrogen-bond donors (Lipinski definition) is 1. The first-order chi connectivity index (χ1) is 8.51. The number of likely N-dealkylation sites (tertiary alicyclic amines) is 1. The summed E-state index contributed by atoms with van der Waals surface area (Å²) in [6, 6.07) is 3.58. The second-order valence-corrected chi connectivity index (χ2v) is 7.95. The largest absolute Gasteiger partial charge is 0.302 e. The molecule has 4 nitrogen and oxygen atoms in total. The molecule has 0 aliphatic carbocycles. The number of rotatable bonds is 4. The number of nitrogens with one attached hydrogen (secondary N) is 1. The van der Waals surface area contributed by atoms with Crippen LogP contribution in [0.2, 0.25) is 0 Å². The standard InChI is InChI=1S/C12H20N2O2S2/c1-3-14-8-4-5-11(9-14)13-18(15,16)12-7-6-10(2)17-12/h6-7,11,13H,3-5,8-9H2,1-2H3. The first-order valence-corrected chi connectivity index (χ1v) is 8.62. The van der Waals surface area contributed by atoms with Gasteiger partial charge in [-0.15, -0.1) is 11.3 Å². The normalized spacial score (nSPS) is 22.2. The van der Waals surface area contributed by atoms with Crippen LogP contribution in [0.15, 0.2) is 16.3 Å². The van der Waals surface area contributed by atoms with Crippen LogP contribution in [0.5, 0.6) is 0 Å². The Kier molecular flexibility index (Phi) is 4.42. The van der Waals surface area contributed by atoms with Crippen molar-refractivity contribution >= 4 is 21.4 Å². The zero-order valence-electron chi connectivity index (χ0n) is 10.8. The highest BCUT2D eigenvalue weighted by Gasteiger charge is 2.25. The Morgan fingerprint density at radius 3 is 2.89 bits per heavy atom. The molecule has 1 aromatic rings. The van der Waals surface area contributed by atoms with Gasteiger partial charge in [-0.25, -0.2) is 13.1 Å². The van der Waals surface area contributed by atoms with Crippen molar-refractivity contribution in [1.29, 1.82) is 0 Å². The summed E-state index contributed by atoms with van der Waals surface area (Å²) < 4.78 is 27.6. The van der Waals surface area contributed by atoms with E-state index in [1.807, 2.05) is 13.0 Å². The van der Waals surface area contributed by atoms with Crippen LogP contribution in [0.1, 0.15) is 24.6 Å². The maximum Gasteiger partial charge on any atom is 0.250 e. The van der Waals surface area contributed by atoms with Crippen LogP contribution in [-0.4, -0.2) is 39.0 Å². The van der Waals surface area contributed by atoms with Gasteiger partial charge in [0, 0.05) is 17.5 Å². The molecule has 1 N–H and O–H groups in total. The first-order valence-electron chi connectivity index (χ1n) is 6.32. The van der Waals surface area contributed by atoms with Crippen molar-refractivity contribution in [2.75, 3.05) is 19.6 Å². The van der Waals surface area contributed by atoms with Gasteiger partial charge in [0.2, 0.25) is 10.0 Å². The number of likely N-dealkylation sites (N-methyl/N-ethyl adjacent to an activating group) is 1. The van der Waals surface area contributed by atoms with Gasteiger partial charge in [0.05, 0.1) is 0 Å². The lowest BCUT2D eigenvalue weighted by Gasteiger charge is -2.31. The molecule has 1 fully saturated rings. The van der Waals surface area contributed by atoms with E-state index in [-0.39, 0.29) is 6.04 Å².